The van der Waals surface area contributed by atoms with Crippen LogP contribution in [-0.2, 0) is 0 Å². The Hall–Kier alpha value is -2.88. The fraction of sp³-hybridized carbons (Fsp3) is 0.304. The van der Waals surface area contributed by atoms with Gasteiger partial charge < -0.3 is 9.64 Å². The van der Waals surface area contributed by atoms with Gasteiger partial charge in [0.2, 0.25) is 5.95 Å². The molecule has 0 amide bonds. The summed E-state index contributed by atoms with van der Waals surface area (Å²) >= 11 is 0. The third kappa shape index (κ3) is 3.95. The number of anilines is 1. The van der Waals surface area contributed by atoms with Crippen LogP contribution < -0.4 is 9.64 Å². The first-order chi connectivity index (χ1) is 13.2. The van der Waals surface area contributed by atoms with Crippen molar-refractivity contribution in [1.29, 1.82) is 0 Å². The van der Waals surface area contributed by atoms with Gasteiger partial charge in [0.05, 0.1) is 18.5 Å². The SMILES string of the molecule is COc1ccc(-c2cc(-c3ccccc3)nc(N3CCC(C)CC3)n2)cc1. The smallest absolute Gasteiger partial charge is 0.226 e. The Morgan fingerprint density at radius 2 is 1.44 bits per heavy atom. The van der Waals surface area contributed by atoms with Crippen molar-refractivity contribution in [2.45, 2.75) is 19.8 Å². The molecule has 1 saturated heterocycles. The third-order valence-corrected chi connectivity index (χ3v) is 5.24. The molecule has 4 rings (SSSR count). The first kappa shape index (κ1) is 17.5. The zero-order chi connectivity index (χ0) is 18.6. The van der Waals surface area contributed by atoms with Crippen molar-refractivity contribution in [2.24, 2.45) is 5.92 Å². The summed E-state index contributed by atoms with van der Waals surface area (Å²) in [6.45, 7) is 4.35. The van der Waals surface area contributed by atoms with Gasteiger partial charge in [0.1, 0.15) is 5.75 Å². The van der Waals surface area contributed by atoms with E-state index in [0.29, 0.717) is 0 Å². The Morgan fingerprint density at radius 3 is 2.04 bits per heavy atom. The average molecular weight is 359 g/mol. The molecule has 0 atom stereocenters. The summed E-state index contributed by atoms with van der Waals surface area (Å²) in [4.78, 5) is 12.1. The van der Waals surface area contributed by atoms with Crippen LogP contribution in [0.2, 0.25) is 0 Å². The molecule has 1 aromatic heterocycles. The molecule has 1 aliphatic heterocycles. The van der Waals surface area contributed by atoms with Gasteiger partial charge in [-0.2, -0.15) is 0 Å². The second-order valence-corrected chi connectivity index (χ2v) is 7.20. The molecule has 1 aliphatic rings. The van der Waals surface area contributed by atoms with E-state index in [4.69, 9.17) is 14.7 Å². The number of rotatable bonds is 4. The van der Waals surface area contributed by atoms with E-state index in [0.717, 1.165) is 53.2 Å². The molecule has 138 valence electrons. The zero-order valence-electron chi connectivity index (χ0n) is 15.9. The van der Waals surface area contributed by atoms with E-state index in [1.807, 2.05) is 30.3 Å². The normalized spacial score (nSPS) is 15.0. The van der Waals surface area contributed by atoms with Gasteiger partial charge in [-0.25, -0.2) is 9.97 Å². The summed E-state index contributed by atoms with van der Waals surface area (Å²) < 4.78 is 5.29. The second kappa shape index (κ2) is 7.78. The first-order valence-corrected chi connectivity index (χ1v) is 9.57. The van der Waals surface area contributed by atoms with E-state index in [1.165, 1.54) is 12.8 Å². The quantitative estimate of drug-likeness (QED) is 0.653. The molecule has 1 fully saturated rings. The van der Waals surface area contributed by atoms with Crippen molar-refractivity contribution in [3.63, 3.8) is 0 Å². The lowest BCUT2D eigenvalue weighted by molar-refractivity contribution is 0.415. The van der Waals surface area contributed by atoms with Crippen molar-refractivity contribution in [3.8, 4) is 28.3 Å². The standard InChI is InChI=1S/C23H25N3O/c1-17-12-14-26(15-13-17)23-24-21(18-6-4-3-5-7-18)16-22(25-23)19-8-10-20(27-2)11-9-19/h3-11,16-17H,12-15H2,1-2H3. The van der Waals surface area contributed by atoms with Crippen LogP contribution in [0.5, 0.6) is 5.75 Å². The van der Waals surface area contributed by atoms with Crippen LogP contribution in [0.4, 0.5) is 5.95 Å². The number of methoxy groups -OCH3 is 1. The molecule has 0 unspecified atom stereocenters. The Labute approximate surface area is 160 Å². The number of ether oxygens (including phenoxy) is 1. The molecule has 0 N–H and O–H groups in total. The van der Waals surface area contributed by atoms with Crippen LogP contribution in [0.3, 0.4) is 0 Å². The predicted molar refractivity (Wildman–Crippen MR) is 110 cm³/mol. The molecular formula is C23H25N3O. The molecule has 2 heterocycles. The molecule has 3 aromatic rings. The van der Waals surface area contributed by atoms with Gasteiger partial charge in [0, 0.05) is 24.2 Å². The number of nitrogens with zero attached hydrogens (tertiary/aromatic N) is 3. The molecule has 0 spiro atoms. The molecule has 4 nitrogen and oxygen atoms in total. The highest BCUT2D eigenvalue weighted by Gasteiger charge is 2.19. The Balaban J connectivity index is 1.76. The molecule has 0 bridgehead atoms. The highest BCUT2D eigenvalue weighted by atomic mass is 16.5. The van der Waals surface area contributed by atoms with E-state index < -0.39 is 0 Å². The molecule has 2 aromatic carbocycles. The third-order valence-electron chi connectivity index (χ3n) is 5.24. The maximum Gasteiger partial charge on any atom is 0.226 e. The van der Waals surface area contributed by atoms with E-state index in [1.54, 1.807) is 7.11 Å². The number of piperidine rings is 1. The predicted octanol–water partition coefficient (Wildman–Crippen LogP) is 5.06. The summed E-state index contributed by atoms with van der Waals surface area (Å²) in [6.07, 6.45) is 2.38. The highest BCUT2D eigenvalue weighted by Crippen LogP contribution is 2.29. The van der Waals surface area contributed by atoms with Gasteiger partial charge >= 0.3 is 0 Å². The number of aromatic nitrogens is 2. The maximum atomic E-state index is 5.29. The van der Waals surface area contributed by atoms with Gasteiger partial charge in [0.25, 0.3) is 0 Å². The maximum absolute atomic E-state index is 5.29. The first-order valence-electron chi connectivity index (χ1n) is 9.57. The van der Waals surface area contributed by atoms with Crippen LogP contribution in [0.25, 0.3) is 22.5 Å². The fourth-order valence-corrected chi connectivity index (χ4v) is 3.45. The highest BCUT2D eigenvalue weighted by molar-refractivity contribution is 5.70. The van der Waals surface area contributed by atoms with E-state index in [9.17, 15) is 0 Å². The van der Waals surface area contributed by atoms with Gasteiger partial charge in [-0.15, -0.1) is 0 Å². The minimum Gasteiger partial charge on any atom is -0.497 e. The molecule has 0 aliphatic carbocycles. The van der Waals surface area contributed by atoms with Crippen molar-refractivity contribution >= 4 is 5.95 Å². The van der Waals surface area contributed by atoms with Crippen molar-refractivity contribution < 1.29 is 4.74 Å². The largest absolute Gasteiger partial charge is 0.497 e. The van der Waals surface area contributed by atoms with Crippen molar-refractivity contribution in [2.75, 3.05) is 25.1 Å². The molecule has 0 radical (unpaired) electrons. The zero-order valence-corrected chi connectivity index (χ0v) is 15.9. The number of benzene rings is 2. The summed E-state index contributed by atoms with van der Waals surface area (Å²) in [7, 11) is 1.68. The van der Waals surface area contributed by atoms with Crippen molar-refractivity contribution in [1.82, 2.24) is 9.97 Å². The van der Waals surface area contributed by atoms with Gasteiger partial charge in [-0.1, -0.05) is 37.3 Å². The average Bonchev–Trinajstić information content (AvgIpc) is 2.74. The molecule has 27 heavy (non-hydrogen) atoms. The monoisotopic (exact) mass is 359 g/mol. The lowest BCUT2D eigenvalue weighted by Crippen LogP contribution is -2.34. The van der Waals surface area contributed by atoms with Gasteiger partial charge in [-0.05, 0) is 49.1 Å². The molecular weight excluding hydrogens is 334 g/mol. The van der Waals surface area contributed by atoms with E-state index >= 15 is 0 Å². The Bertz CT molecular complexity index is 885. The number of hydrogen-bond acceptors (Lipinski definition) is 4. The van der Waals surface area contributed by atoms with Crippen molar-refractivity contribution in [3.05, 3.63) is 60.7 Å². The summed E-state index contributed by atoms with van der Waals surface area (Å²) in [5.41, 5.74) is 4.09. The van der Waals surface area contributed by atoms with Gasteiger partial charge in [0.15, 0.2) is 0 Å². The lowest BCUT2D eigenvalue weighted by Gasteiger charge is -2.30. The topological polar surface area (TPSA) is 38.2 Å². The fourth-order valence-electron chi connectivity index (χ4n) is 3.45. The Kier molecular flexibility index (Phi) is 5.05. The summed E-state index contributed by atoms with van der Waals surface area (Å²) in [5, 5.41) is 0. The summed E-state index contributed by atoms with van der Waals surface area (Å²) in [5.74, 6) is 2.45. The van der Waals surface area contributed by atoms with Crippen LogP contribution >= 0.6 is 0 Å². The minimum absolute atomic E-state index is 0.777. The number of hydrogen-bond donors (Lipinski definition) is 0. The molecule has 0 saturated carbocycles. The second-order valence-electron chi connectivity index (χ2n) is 7.20. The van der Waals surface area contributed by atoms with E-state index in [-0.39, 0.29) is 0 Å². The molecule has 4 heteroatoms. The summed E-state index contributed by atoms with van der Waals surface area (Å²) in [6, 6.07) is 20.5. The lowest BCUT2D eigenvalue weighted by atomic mass is 9.99. The Morgan fingerprint density at radius 1 is 0.852 bits per heavy atom. The van der Waals surface area contributed by atoms with E-state index in [2.05, 4.69) is 42.2 Å². The van der Waals surface area contributed by atoms with Crippen LogP contribution in [-0.4, -0.2) is 30.2 Å². The van der Waals surface area contributed by atoms with Crippen LogP contribution in [0.15, 0.2) is 60.7 Å². The van der Waals surface area contributed by atoms with Crippen LogP contribution in [0, 0.1) is 5.92 Å². The van der Waals surface area contributed by atoms with Gasteiger partial charge in [-0.3, -0.25) is 0 Å². The minimum atomic E-state index is 0.777. The van der Waals surface area contributed by atoms with Crippen LogP contribution in [0.1, 0.15) is 19.8 Å².